The smallest absolute Gasteiger partial charge is 0.264 e. The molecule has 0 saturated carbocycles. The lowest BCUT2D eigenvalue weighted by molar-refractivity contribution is -0.126. The molecule has 0 radical (unpaired) electrons. The van der Waals surface area contributed by atoms with Crippen molar-refractivity contribution in [2.45, 2.75) is 47.5 Å². The van der Waals surface area contributed by atoms with Gasteiger partial charge in [-0.1, -0.05) is 13.8 Å². The summed E-state index contributed by atoms with van der Waals surface area (Å²) in [6.07, 6.45) is 1.40. The zero-order valence-electron chi connectivity index (χ0n) is 19.8. The quantitative estimate of drug-likeness (QED) is 0.739. The van der Waals surface area contributed by atoms with Gasteiger partial charge in [0, 0.05) is 43.2 Å². The average Bonchev–Trinajstić information content (AvgIpc) is 3.01. The molecular weight excluding hydrogens is 410 g/mol. The Labute approximate surface area is 189 Å². The number of carbonyl (C=O) groups excluding carboxylic acids is 2. The molecule has 2 amide bonds. The van der Waals surface area contributed by atoms with Crippen LogP contribution in [0.15, 0.2) is 0 Å². The van der Waals surface area contributed by atoms with Crippen LogP contribution in [-0.2, 0) is 4.79 Å². The Kier molecular flexibility index (Phi) is 7.01. The summed E-state index contributed by atoms with van der Waals surface area (Å²) in [5, 5.41) is 4.12. The number of rotatable bonds is 6. The molecule has 0 atom stereocenters. The first kappa shape index (κ1) is 23.6. The number of fused-ring (bicyclic) bond motifs is 1. The predicted octanol–water partition coefficient (Wildman–Crippen LogP) is 3.17. The summed E-state index contributed by atoms with van der Waals surface area (Å²) in [4.78, 5) is 40.5. The van der Waals surface area contributed by atoms with Gasteiger partial charge in [0.1, 0.15) is 10.7 Å². The molecule has 1 aliphatic heterocycles. The molecule has 31 heavy (non-hydrogen) atoms. The van der Waals surface area contributed by atoms with Crippen LogP contribution in [0.4, 0.5) is 0 Å². The Bertz CT molecular complexity index is 974. The molecule has 0 bridgehead atoms. The van der Waals surface area contributed by atoms with Crippen LogP contribution in [0.25, 0.3) is 10.2 Å². The van der Waals surface area contributed by atoms with Gasteiger partial charge in [-0.3, -0.25) is 9.59 Å². The van der Waals surface area contributed by atoms with Gasteiger partial charge < -0.3 is 15.1 Å². The zero-order valence-corrected chi connectivity index (χ0v) is 20.7. The highest BCUT2D eigenvalue weighted by atomic mass is 32.1. The molecule has 7 nitrogen and oxygen atoms in total. The summed E-state index contributed by atoms with van der Waals surface area (Å²) >= 11 is 1.45. The van der Waals surface area contributed by atoms with E-state index >= 15 is 0 Å². The fraction of sp³-hybridized carbons (Fsp3) is 0.652. The fourth-order valence-corrected chi connectivity index (χ4v) is 5.79. The van der Waals surface area contributed by atoms with E-state index in [-0.39, 0.29) is 23.1 Å². The van der Waals surface area contributed by atoms with Crippen molar-refractivity contribution in [1.29, 1.82) is 0 Å². The maximum Gasteiger partial charge on any atom is 0.264 e. The number of nitrogens with one attached hydrogen (secondary N) is 1. The van der Waals surface area contributed by atoms with Gasteiger partial charge in [-0.25, -0.2) is 9.97 Å². The third-order valence-corrected chi connectivity index (χ3v) is 7.09. The van der Waals surface area contributed by atoms with E-state index in [1.807, 2.05) is 39.8 Å². The maximum atomic E-state index is 13.2. The number of likely N-dealkylation sites (tertiary alicyclic amines) is 1. The molecule has 1 aliphatic rings. The number of nitrogens with zero attached hydrogens (tertiary/aromatic N) is 4. The molecule has 170 valence electrons. The van der Waals surface area contributed by atoms with Crippen molar-refractivity contribution in [1.82, 2.24) is 25.1 Å². The molecule has 0 aromatic carbocycles. The van der Waals surface area contributed by atoms with E-state index in [4.69, 9.17) is 0 Å². The van der Waals surface area contributed by atoms with Crippen LogP contribution in [-0.4, -0.2) is 71.9 Å². The third-order valence-electron chi connectivity index (χ3n) is 5.92. The van der Waals surface area contributed by atoms with Crippen LogP contribution >= 0.6 is 11.3 Å². The van der Waals surface area contributed by atoms with Gasteiger partial charge in [-0.05, 0) is 58.7 Å². The lowest BCUT2D eigenvalue weighted by atomic mass is 9.91. The molecule has 2 aromatic rings. The molecule has 0 unspecified atom stereocenters. The Morgan fingerprint density at radius 3 is 2.42 bits per heavy atom. The van der Waals surface area contributed by atoms with E-state index in [1.165, 1.54) is 11.3 Å². The van der Waals surface area contributed by atoms with Crippen LogP contribution in [0.3, 0.4) is 0 Å². The van der Waals surface area contributed by atoms with E-state index < -0.39 is 0 Å². The molecule has 0 spiro atoms. The number of aryl methyl sites for hydroxylation is 3. The largest absolute Gasteiger partial charge is 0.355 e. The Morgan fingerprint density at radius 2 is 1.81 bits per heavy atom. The number of amides is 2. The highest BCUT2D eigenvalue weighted by Crippen LogP contribution is 2.33. The van der Waals surface area contributed by atoms with Gasteiger partial charge in [0.25, 0.3) is 5.91 Å². The molecule has 3 heterocycles. The molecule has 8 heteroatoms. The highest BCUT2D eigenvalue weighted by molar-refractivity contribution is 7.20. The lowest BCUT2D eigenvalue weighted by Gasteiger charge is -2.33. The van der Waals surface area contributed by atoms with Crippen molar-refractivity contribution < 1.29 is 9.59 Å². The van der Waals surface area contributed by atoms with Crippen LogP contribution in [0.5, 0.6) is 0 Å². The molecule has 1 N–H and O–H groups in total. The molecule has 3 rings (SSSR count). The van der Waals surface area contributed by atoms with Gasteiger partial charge in [0.15, 0.2) is 0 Å². The van der Waals surface area contributed by atoms with Crippen molar-refractivity contribution in [3.63, 3.8) is 0 Å². The normalized spacial score (nSPS) is 15.7. The minimum Gasteiger partial charge on any atom is -0.355 e. The SMILES string of the molecule is Cc1nc(C)c2c(C)c(C(=O)N3CCC(C(=O)NCC(C)(C)CN(C)C)CC3)sc2n1. The first-order valence-corrected chi connectivity index (χ1v) is 11.8. The Hall–Kier alpha value is -2.06. The van der Waals surface area contributed by atoms with Crippen molar-refractivity contribution >= 4 is 33.4 Å². The predicted molar refractivity (Wildman–Crippen MR) is 126 cm³/mol. The first-order valence-electron chi connectivity index (χ1n) is 10.9. The topological polar surface area (TPSA) is 78.4 Å². The van der Waals surface area contributed by atoms with Gasteiger partial charge in [-0.15, -0.1) is 11.3 Å². The van der Waals surface area contributed by atoms with Gasteiger partial charge in [-0.2, -0.15) is 0 Å². The molecule has 1 saturated heterocycles. The van der Waals surface area contributed by atoms with E-state index in [1.54, 1.807) is 0 Å². The second kappa shape index (κ2) is 9.20. The van der Waals surface area contributed by atoms with E-state index in [0.29, 0.717) is 32.5 Å². The van der Waals surface area contributed by atoms with Crippen LogP contribution in [0.1, 0.15) is 53.4 Å². The summed E-state index contributed by atoms with van der Waals surface area (Å²) in [5.74, 6) is 0.853. The van der Waals surface area contributed by atoms with Gasteiger partial charge in [0.2, 0.25) is 5.91 Å². The highest BCUT2D eigenvalue weighted by Gasteiger charge is 2.31. The van der Waals surface area contributed by atoms with Gasteiger partial charge in [0.05, 0.1) is 4.88 Å². The second-order valence-corrected chi connectivity index (χ2v) is 10.8. The van der Waals surface area contributed by atoms with Crippen molar-refractivity contribution in [2.24, 2.45) is 11.3 Å². The van der Waals surface area contributed by atoms with Gasteiger partial charge >= 0.3 is 0 Å². The summed E-state index contributed by atoms with van der Waals surface area (Å²) in [5.41, 5.74) is 1.90. The third kappa shape index (κ3) is 5.41. The number of hydrogen-bond donors (Lipinski definition) is 1. The van der Waals surface area contributed by atoms with Crippen molar-refractivity contribution in [3.8, 4) is 0 Å². The van der Waals surface area contributed by atoms with Crippen molar-refractivity contribution in [2.75, 3.05) is 40.3 Å². The Morgan fingerprint density at radius 1 is 1.16 bits per heavy atom. The maximum absolute atomic E-state index is 13.2. The standard InChI is InChI=1S/C23H35N5O2S/c1-14-18-15(2)25-16(3)26-21(18)31-19(14)22(30)28-10-8-17(9-11-28)20(29)24-12-23(4,5)13-27(6)7/h17H,8-13H2,1-7H3,(H,24,29). The number of piperidine rings is 1. The van der Waals surface area contributed by atoms with Crippen LogP contribution < -0.4 is 5.32 Å². The zero-order chi connectivity index (χ0) is 22.9. The minimum atomic E-state index is -0.0292. The van der Waals surface area contributed by atoms with Crippen LogP contribution in [0.2, 0.25) is 0 Å². The monoisotopic (exact) mass is 445 g/mol. The summed E-state index contributed by atoms with van der Waals surface area (Å²) in [6.45, 7) is 12.9. The number of carbonyl (C=O) groups is 2. The first-order chi connectivity index (χ1) is 14.5. The van der Waals surface area contributed by atoms with E-state index in [2.05, 4.69) is 34.0 Å². The summed E-state index contributed by atoms with van der Waals surface area (Å²) in [6, 6.07) is 0. The van der Waals surface area contributed by atoms with Crippen molar-refractivity contribution in [3.05, 3.63) is 22.0 Å². The summed E-state index contributed by atoms with van der Waals surface area (Å²) in [7, 11) is 4.09. The fourth-order valence-electron chi connectivity index (χ4n) is 4.55. The number of thiophene rings is 1. The molecular formula is C23H35N5O2S. The minimum absolute atomic E-state index is 0.0217. The lowest BCUT2D eigenvalue weighted by Crippen LogP contribution is -2.46. The summed E-state index contributed by atoms with van der Waals surface area (Å²) < 4.78 is 0. The Balaban J connectivity index is 1.60. The van der Waals surface area contributed by atoms with E-state index in [9.17, 15) is 9.59 Å². The average molecular weight is 446 g/mol. The van der Waals surface area contributed by atoms with E-state index in [0.717, 1.165) is 38.7 Å². The number of aromatic nitrogens is 2. The molecule has 0 aliphatic carbocycles. The number of hydrogen-bond acceptors (Lipinski definition) is 6. The molecule has 1 fully saturated rings. The molecule has 2 aromatic heterocycles. The second-order valence-electron chi connectivity index (χ2n) is 9.78. The van der Waals surface area contributed by atoms with Crippen LogP contribution in [0, 0.1) is 32.1 Å².